The van der Waals surface area contributed by atoms with E-state index in [2.05, 4.69) is 41.7 Å². The Balaban J connectivity index is 1.66. The molecule has 25 heavy (non-hydrogen) atoms. The van der Waals surface area contributed by atoms with Crippen molar-refractivity contribution in [3.63, 3.8) is 0 Å². The van der Waals surface area contributed by atoms with Crippen LogP contribution in [0.2, 0.25) is 0 Å². The molecule has 1 aliphatic heterocycles. The first-order valence-corrected chi connectivity index (χ1v) is 10.3. The fraction of sp³-hybridized carbons (Fsp3) is 0.389. The maximum Gasteiger partial charge on any atom is 0.243 e. The topological polar surface area (TPSA) is 59.5 Å². The second-order valence-corrected chi connectivity index (χ2v) is 9.92. The van der Waals surface area contributed by atoms with Crippen molar-refractivity contribution in [2.75, 3.05) is 13.1 Å². The minimum atomic E-state index is -3.48. The molecule has 134 valence electrons. The Morgan fingerprint density at radius 1 is 1.16 bits per heavy atom. The van der Waals surface area contributed by atoms with Gasteiger partial charge in [-0.05, 0) is 51.2 Å². The Bertz CT molecular complexity index is 855. The van der Waals surface area contributed by atoms with Crippen LogP contribution in [-0.4, -0.2) is 36.9 Å². The molecule has 0 spiro atoms. The zero-order chi connectivity index (χ0) is 18.2. The first-order valence-electron chi connectivity index (χ1n) is 8.06. The van der Waals surface area contributed by atoms with Crippen LogP contribution in [0.3, 0.4) is 0 Å². The van der Waals surface area contributed by atoms with Gasteiger partial charge in [0.2, 0.25) is 15.9 Å². The van der Waals surface area contributed by atoms with E-state index in [1.807, 2.05) is 18.2 Å². The first kappa shape index (κ1) is 18.4. The van der Waals surface area contributed by atoms with Gasteiger partial charge in [0.1, 0.15) is 6.10 Å². The van der Waals surface area contributed by atoms with Crippen molar-refractivity contribution in [1.29, 1.82) is 0 Å². The number of benzene rings is 1. The van der Waals surface area contributed by atoms with E-state index in [4.69, 9.17) is 4.74 Å². The van der Waals surface area contributed by atoms with E-state index in [0.717, 1.165) is 10.0 Å². The number of pyridine rings is 1. The van der Waals surface area contributed by atoms with Crippen LogP contribution >= 0.6 is 15.9 Å². The molecule has 2 aromatic rings. The molecule has 3 rings (SSSR count). The normalized spacial score (nSPS) is 16.5. The van der Waals surface area contributed by atoms with Crippen molar-refractivity contribution < 1.29 is 13.2 Å². The van der Waals surface area contributed by atoms with E-state index in [1.54, 1.807) is 24.4 Å². The van der Waals surface area contributed by atoms with Gasteiger partial charge in [0.05, 0.1) is 22.5 Å². The minimum Gasteiger partial charge on any atom is -0.471 e. The van der Waals surface area contributed by atoms with Crippen LogP contribution < -0.4 is 4.74 Å². The standard InChI is InChI=1S/C18H21BrN2O3S/c1-18(2,3)13-6-8-15(9-7-13)25(22,23)21-11-14(12-21)24-17-16(19)5-4-10-20-17/h4-10,14H,11-12H2,1-3H3. The molecule has 0 amide bonds. The Morgan fingerprint density at radius 2 is 1.80 bits per heavy atom. The van der Waals surface area contributed by atoms with E-state index in [0.29, 0.717) is 23.9 Å². The second-order valence-electron chi connectivity index (χ2n) is 7.13. The number of aromatic nitrogens is 1. The van der Waals surface area contributed by atoms with E-state index < -0.39 is 10.0 Å². The third-order valence-corrected chi connectivity index (χ3v) is 6.63. The van der Waals surface area contributed by atoms with Gasteiger partial charge < -0.3 is 4.74 Å². The highest BCUT2D eigenvalue weighted by Gasteiger charge is 2.38. The highest BCUT2D eigenvalue weighted by Crippen LogP contribution is 2.29. The maximum atomic E-state index is 12.7. The summed E-state index contributed by atoms with van der Waals surface area (Å²) < 4.78 is 33.3. The van der Waals surface area contributed by atoms with E-state index in [1.165, 1.54) is 4.31 Å². The van der Waals surface area contributed by atoms with Gasteiger partial charge in [0.25, 0.3) is 0 Å². The van der Waals surface area contributed by atoms with Gasteiger partial charge in [-0.1, -0.05) is 32.9 Å². The number of nitrogens with zero attached hydrogens (tertiary/aromatic N) is 2. The molecule has 1 aromatic carbocycles. The third-order valence-electron chi connectivity index (χ3n) is 4.18. The second kappa shape index (κ2) is 6.70. The monoisotopic (exact) mass is 424 g/mol. The maximum absolute atomic E-state index is 12.7. The number of hydrogen-bond acceptors (Lipinski definition) is 4. The Hall–Kier alpha value is -1.44. The first-order chi connectivity index (χ1) is 11.7. The molecule has 5 nitrogen and oxygen atoms in total. The Morgan fingerprint density at radius 3 is 2.36 bits per heavy atom. The molecule has 0 saturated carbocycles. The zero-order valence-electron chi connectivity index (χ0n) is 14.4. The lowest BCUT2D eigenvalue weighted by atomic mass is 9.87. The molecule has 0 bridgehead atoms. The number of halogens is 1. The summed E-state index contributed by atoms with van der Waals surface area (Å²) in [6.45, 7) is 6.95. The molecular weight excluding hydrogens is 404 g/mol. The van der Waals surface area contributed by atoms with Crippen LogP contribution in [0, 0.1) is 0 Å². The van der Waals surface area contributed by atoms with Crippen molar-refractivity contribution in [3.8, 4) is 5.88 Å². The lowest BCUT2D eigenvalue weighted by Gasteiger charge is -2.37. The lowest BCUT2D eigenvalue weighted by molar-refractivity contribution is 0.0713. The smallest absolute Gasteiger partial charge is 0.243 e. The summed E-state index contributed by atoms with van der Waals surface area (Å²) in [6.07, 6.45) is 1.46. The molecule has 1 aliphatic rings. The predicted molar refractivity (Wildman–Crippen MR) is 100 cm³/mol. The van der Waals surface area contributed by atoms with Crippen LogP contribution in [0.4, 0.5) is 0 Å². The van der Waals surface area contributed by atoms with Crippen LogP contribution in [0.5, 0.6) is 5.88 Å². The van der Waals surface area contributed by atoms with Gasteiger partial charge in [-0.3, -0.25) is 0 Å². The SMILES string of the molecule is CC(C)(C)c1ccc(S(=O)(=O)N2CC(Oc3ncccc3Br)C2)cc1. The van der Waals surface area contributed by atoms with Crippen LogP contribution in [0.1, 0.15) is 26.3 Å². The summed E-state index contributed by atoms with van der Waals surface area (Å²) in [7, 11) is -3.48. The molecule has 0 N–H and O–H groups in total. The molecule has 1 saturated heterocycles. The number of sulfonamides is 1. The van der Waals surface area contributed by atoms with Crippen LogP contribution in [0.15, 0.2) is 52.0 Å². The summed E-state index contributed by atoms with van der Waals surface area (Å²) in [6, 6.07) is 10.8. The highest BCUT2D eigenvalue weighted by molar-refractivity contribution is 9.10. The van der Waals surface area contributed by atoms with E-state index in [9.17, 15) is 8.42 Å². The minimum absolute atomic E-state index is 0.00590. The Labute approximate surface area is 157 Å². The molecular formula is C18H21BrN2O3S. The number of hydrogen-bond donors (Lipinski definition) is 0. The van der Waals surface area contributed by atoms with Gasteiger partial charge in [0.15, 0.2) is 0 Å². The highest BCUT2D eigenvalue weighted by atomic mass is 79.9. The lowest BCUT2D eigenvalue weighted by Crippen LogP contribution is -2.56. The van der Waals surface area contributed by atoms with Crippen LogP contribution in [-0.2, 0) is 15.4 Å². The van der Waals surface area contributed by atoms with Crippen molar-refractivity contribution in [3.05, 3.63) is 52.6 Å². The molecule has 2 heterocycles. The summed E-state index contributed by atoms with van der Waals surface area (Å²) in [5.41, 5.74) is 1.10. The van der Waals surface area contributed by atoms with Crippen molar-refractivity contribution >= 4 is 26.0 Å². The summed E-state index contributed by atoms with van der Waals surface area (Å²) >= 11 is 3.37. The Kier molecular flexibility index (Phi) is 4.92. The molecule has 0 aliphatic carbocycles. The predicted octanol–water partition coefficient (Wildman–Crippen LogP) is 3.59. The van der Waals surface area contributed by atoms with Gasteiger partial charge in [-0.25, -0.2) is 13.4 Å². The zero-order valence-corrected chi connectivity index (χ0v) is 16.8. The van der Waals surface area contributed by atoms with Gasteiger partial charge in [-0.2, -0.15) is 4.31 Å². The van der Waals surface area contributed by atoms with Gasteiger partial charge in [0, 0.05) is 6.20 Å². The molecule has 0 radical (unpaired) electrons. The molecule has 0 unspecified atom stereocenters. The molecule has 1 fully saturated rings. The van der Waals surface area contributed by atoms with Crippen molar-refractivity contribution in [1.82, 2.24) is 9.29 Å². The van der Waals surface area contributed by atoms with Crippen molar-refractivity contribution in [2.45, 2.75) is 37.2 Å². The summed E-state index contributed by atoms with van der Waals surface area (Å²) in [5.74, 6) is 0.485. The van der Waals surface area contributed by atoms with Crippen LogP contribution in [0.25, 0.3) is 0 Å². The van der Waals surface area contributed by atoms with E-state index >= 15 is 0 Å². The molecule has 1 aromatic heterocycles. The summed E-state index contributed by atoms with van der Waals surface area (Å²) in [5, 5.41) is 0. The average molecular weight is 425 g/mol. The summed E-state index contributed by atoms with van der Waals surface area (Å²) in [4.78, 5) is 4.46. The fourth-order valence-electron chi connectivity index (χ4n) is 2.56. The van der Waals surface area contributed by atoms with E-state index in [-0.39, 0.29) is 11.5 Å². The number of ether oxygens (including phenoxy) is 1. The average Bonchev–Trinajstić information content (AvgIpc) is 2.51. The van der Waals surface area contributed by atoms with Gasteiger partial charge in [-0.15, -0.1) is 0 Å². The quantitative estimate of drug-likeness (QED) is 0.751. The fourth-order valence-corrected chi connectivity index (χ4v) is 4.41. The van der Waals surface area contributed by atoms with Crippen molar-refractivity contribution in [2.24, 2.45) is 0 Å². The third kappa shape index (κ3) is 3.88. The molecule has 0 atom stereocenters. The number of rotatable bonds is 4. The molecule has 7 heteroatoms. The van der Waals surface area contributed by atoms with Gasteiger partial charge >= 0.3 is 0 Å². The largest absolute Gasteiger partial charge is 0.471 e.